The zero-order valence-electron chi connectivity index (χ0n) is 9.06. The van der Waals surface area contributed by atoms with Crippen LogP contribution < -0.4 is 0 Å². The summed E-state index contributed by atoms with van der Waals surface area (Å²) in [6.07, 6.45) is 7.61. The molecule has 0 amide bonds. The van der Waals surface area contributed by atoms with Crippen molar-refractivity contribution in [3.63, 3.8) is 0 Å². The normalized spacial score (nSPS) is 27.4. The summed E-state index contributed by atoms with van der Waals surface area (Å²) >= 11 is 0. The molecule has 1 aromatic rings. The Bertz CT molecular complexity index is 266. The van der Waals surface area contributed by atoms with Gasteiger partial charge in [0.05, 0.1) is 0 Å². The Kier molecular flexibility index (Phi) is 2.85. The molecule has 0 spiro atoms. The molecule has 1 fully saturated rings. The number of rotatable bonds is 3. The van der Waals surface area contributed by atoms with E-state index in [1.807, 2.05) is 11.0 Å². The van der Waals surface area contributed by atoms with Crippen LogP contribution in [0.2, 0.25) is 0 Å². The van der Waals surface area contributed by atoms with Crippen LogP contribution in [0.3, 0.4) is 0 Å². The first kappa shape index (κ1) is 9.69. The molecule has 0 N–H and O–H groups in total. The van der Waals surface area contributed by atoms with Crippen molar-refractivity contribution < 1.29 is 0 Å². The van der Waals surface area contributed by atoms with Crippen molar-refractivity contribution in [1.82, 2.24) is 14.8 Å². The molecule has 1 aliphatic rings. The van der Waals surface area contributed by atoms with Gasteiger partial charge in [0.15, 0.2) is 0 Å². The molecular formula is C11H19N3. The quantitative estimate of drug-likeness (QED) is 0.737. The molecule has 0 radical (unpaired) electrons. The van der Waals surface area contributed by atoms with E-state index in [4.69, 9.17) is 0 Å². The minimum absolute atomic E-state index is 0.811. The Labute approximate surface area is 85.5 Å². The molecule has 1 aliphatic carbocycles. The fourth-order valence-corrected chi connectivity index (χ4v) is 2.74. The zero-order valence-corrected chi connectivity index (χ0v) is 9.06. The van der Waals surface area contributed by atoms with Crippen LogP contribution in [0.25, 0.3) is 0 Å². The highest BCUT2D eigenvalue weighted by Crippen LogP contribution is 2.37. The van der Waals surface area contributed by atoms with E-state index < -0.39 is 0 Å². The lowest BCUT2D eigenvalue weighted by molar-refractivity contribution is 0.260. The first-order valence-electron chi connectivity index (χ1n) is 5.60. The second-order valence-corrected chi connectivity index (χ2v) is 4.72. The van der Waals surface area contributed by atoms with Gasteiger partial charge in [-0.25, -0.2) is 4.98 Å². The lowest BCUT2D eigenvalue weighted by Crippen LogP contribution is -2.19. The lowest BCUT2D eigenvalue weighted by atomic mass is 9.86. The van der Waals surface area contributed by atoms with Crippen molar-refractivity contribution in [2.24, 2.45) is 17.8 Å². The summed E-state index contributed by atoms with van der Waals surface area (Å²) in [6, 6.07) is 0. The van der Waals surface area contributed by atoms with Crippen molar-refractivity contribution in [2.45, 2.75) is 39.7 Å². The molecule has 1 heterocycles. The van der Waals surface area contributed by atoms with Crippen LogP contribution in [0.1, 0.15) is 33.1 Å². The van der Waals surface area contributed by atoms with E-state index in [1.54, 1.807) is 6.33 Å². The highest BCUT2D eigenvalue weighted by molar-refractivity contribution is 4.79. The summed E-state index contributed by atoms with van der Waals surface area (Å²) in [6.45, 7) is 5.73. The van der Waals surface area contributed by atoms with E-state index in [0.717, 1.165) is 24.3 Å². The summed E-state index contributed by atoms with van der Waals surface area (Å²) in [5, 5.41) is 4.18. The lowest BCUT2D eigenvalue weighted by Gasteiger charge is -2.22. The molecule has 2 atom stereocenters. The molecule has 0 aromatic carbocycles. The van der Waals surface area contributed by atoms with E-state index in [-0.39, 0.29) is 0 Å². The minimum atomic E-state index is 0.811. The van der Waals surface area contributed by atoms with Gasteiger partial charge in [-0.1, -0.05) is 20.3 Å². The maximum absolute atomic E-state index is 4.18. The SMILES string of the molecule is CC(C)[C@H]1CCC[C@H]1Cn1cncn1. The van der Waals surface area contributed by atoms with Gasteiger partial charge in [-0.05, 0) is 30.6 Å². The van der Waals surface area contributed by atoms with Crippen molar-refractivity contribution >= 4 is 0 Å². The van der Waals surface area contributed by atoms with Gasteiger partial charge >= 0.3 is 0 Å². The second kappa shape index (κ2) is 4.11. The Morgan fingerprint density at radius 1 is 1.43 bits per heavy atom. The average Bonchev–Trinajstić information content (AvgIpc) is 2.75. The van der Waals surface area contributed by atoms with Crippen LogP contribution in [-0.2, 0) is 6.54 Å². The summed E-state index contributed by atoms with van der Waals surface area (Å²) in [7, 11) is 0. The van der Waals surface area contributed by atoms with Crippen molar-refractivity contribution in [2.75, 3.05) is 0 Å². The van der Waals surface area contributed by atoms with Gasteiger partial charge in [0.25, 0.3) is 0 Å². The smallest absolute Gasteiger partial charge is 0.137 e. The van der Waals surface area contributed by atoms with Gasteiger partial charge in [0.2, 0.25) is 0 Å². The minimum Gasteiger partial charge on any atom is -0.253 e. The van der Waals surface area contributed by atoms with Crippen LogP contribution in [-0.4, -0.2) is 14.8 Å². The van der Waals surface area contributed by atoms with E-state index in [1.165, 1.54) is 19.3 Å². The molecule has 3 heteroatoms. The number of nitrogens with zero attached hydrogens (tertiary/aromatic N) is 3. The largest absolute Gasteiger partial charge is 0.253 e. The molecule has 0 bridgehead atoms. The first-order valence-corrected chi connectivity index (χ1v) is 5.60. The van der Waals surface area contributed by atoms with E-state index in [2.05, 4.69) is 23.9 Å². The Morgan fingerprint density at radius 2 is 2.29 bits per heavy atom. The fourth-order valence-electron chi connectivity index (χ4n) is 2.74. The first-order chi connectivity index (χ1) is 6.77. The highest BCUT2D eigenvalue weighted by Gasteiger charge is 2.29. The maximum atomic E-state index is 4.18. The van der Waals surface area contributed by atoms with Crippen LogP contribution in [0, 0.1) is 17.8 Å². The second-order valence-electron chi connectivity index (χ2n) is 4.72. The Morgan fingerprint density at radius 3 is 2.93 bits per heavy atom. The standard InChI is InChI=1S/C11H19N3/c1-9(2)11-5-3-4-10(11)6-14-8-12-7-13-14/h7-11H,3-6H2,1-2H3/t10-,11+/m0/s1. The van der Waals surface area contributed by atoms with Gasteiger partial charge in [0, 0.05) is 6.54 Å². The van der Waals surface area contributed by atoms with E-state index >= 15 is 0 Å². The topological polar surface area (TPSA) is 30.7 Å². The summed E-state index contributed by atoms with van der Waals surface area (Å²) in [5.74, 6) is 2.52. The molecule has 2 rings (SSSR count). The molecule has 0 saturated heterocycles. The van der Waals surface area contributed by atoms with Crippen LogP contribution in [0.5, 0.6) is 0 Å². The molecule has 3 nitrogen and oxygen atoms in total. The average molecular weight is 193 g/mol. The summed E-state index contributed by atoms with van der Waals surface area (Å²) in [4.78, 5) is 3.99. The van der Waals surface area contributed by atoms with Crippen LogP contribution in [0.4, 0.5) is 0 Å². The molecule has 0 unspecified atom stereocenters. The number of aromatic nitrogens is 3. The Balaban J connectivity index is 1.97. The Hall–Kier alpha value is -0.860. The highest BCUT2D eigenvalue weighted by atomic mass is 15.3. The van der Waals surface area contributed by atoms with Crippen LogP contribution in [0.15, 0.2) is 12.7 Å². The molecule has 78 valence electrons. The van der Waals surface area contributed by atoms with E-state index in [9.17, 15) is 0 Å². The molecule has 14 heavy (non-hydrogen) atoms. The van der Waals surface area contributed by atoms with Gasteiger partial charge in [-0.15, -0.1) is 0 Å². The molecule has 1 saturated carbocycles. The predicted octanol–water partition coefficient (Wildman–Crippen LogP) is 2.35. The van der Waals surface area contributed by atoms with Gasteiger partial charge < -0.3 is 0 Å². The van der Waals surface area contributed by atoms with Crippen LogP contribution >= 0.6 is 0 Å². The third-order valence-electron chi connectivity index (χ3n) is 3.46. The molecular weight excluding hydrogens is 174 g/mol. The van der Waals surface area contributed by atoms with Crippen molar-refractivity contribution in [3.05, 3.63) is 12.7 Å². The number of hydrogen-bond acceptors (Lipinski definition) is 2. The summed E-state index contributed by atoms with van der Waals surface area (Å²) in [5.41, 5.74) is 0. The van der Waals surface area contributed by atoms with Crippen molar-refractivity contribution in [3.8, 4) is 0 Å². The number of hydrogen-bond donors (Lipinski definition) is 0. The van der Waals surface area contributed by atoms with Gasteiger partial charge in [-0.3, -0.25) is 4.68 Å². The van der Waals surface area contributed by atoms with E-state index in [0.29, 0.717) is 0 Å². The van der Waals surface area contributed by atoms with Crippen molar-refractivity contribution in [1.29, 1.82) is 0 Å². The monoisotopic (exact) mass is 193 g/mol. The van der Waals surface area contributed by atoms with Gasteiger partial charge in [-0.2, -0.15) is 5.10 Å². The fraction of sp³-hybridized carbons (Fsp3) is 0.818. The summed E-state index contributed by atoms with van der Waals surface area (Å²) < 4.78 is 1.98. The molecule has 0 aliphatic heterocycles. The zero-order chi connectivity index (χ0) is 9.97. The molecule has 1 aromatic heterocycles. The predicted molar refractivity (Wildman–Crippen MR) is 55.7 cm³/mol. The van der Waals surface area contributed by atoms with Gasteiger partial charge in [0.1, 0.15) is 12.7 Å². The third-order valence-corrected chi connectivity index (χ3v) is 3.46. The maximum Gasteiger partial charge on any atom is 0.137 e. The third kappa shape index (κ3) is 1.97.